The smallest absolute Gasteiger partial charge is 0.227 e. The van der Waals surface area contributed by atoms with Gasteiger partial charge >= 0.3 is 0 Å². The Balaban J connectivity index is 0.00000210. The minimum absolute atomic E-state index is 0. The number of nitrogens with zero attached hydrogens (tertiary/aromatic N) is 1. The van der Waals surface area contributed by atoms with Gasteiger partial charge < -0.3 is 15.5 Å². The zero-order valence-electron chi connectivity index (χ0n) is 15.5. The van der Waals surface area contributed by atoms with Crippen LogP contribution in [0.5, 0.6) is 0 Å². The summed E-state index contributed by atoms with van der Waals surface area (Å²) in [5.41, 5.74) is 0.902. The normalized spacial score (nSPS) is 25.3. The number of carbonyl (C=O) groups is 2. The minimum Gasteiger partial charge on any atom is -0.353 e. The fraction of sp³-hybridized carbons (Fsp3) is 0.429. The van der Waals surface area contributed by atoms with Gasteiger partial charge in [-0.3, -0.25) is 9.59 Å². The molecule has 2 aliphatic rings. The number of benzene rings is 2. The summed E-state index contributed by atoms with van der Waals surface area (Å²) >= 11 is 0. The molecule has 2 aromatic rings. The highest BCUT2D eigenvalue weighted by Gasteiger charge is 2.36. The third kappa shape index (κ3) is 4.09. The van der Waals surface area contributed by atoms with Crippen molar-refractivity contribution in [2.45, 2.75) is 38.3 Å². The highest BCUT2D eigenvalue weighted by atomic mass is 35.5. The van der Waals surface area contributed by atoms with Gasteiger partial charge in [-0.2, -0.15) is 0 Å². The summed E-state index contributed by atoms with van der Waals surface area (Å²) in [4.78, 5) is 27.1. The van der Waals surface area contributed by atoms with Crippen LogP contribution in [-0.4, -0.2) is 37.0 Å². The first-order valence-electron chi connectivity index (χ1n) is 9.43. The topological polar surface area (TPSA) is 61.4 Å². The van der Waals surface area contributed by atoms with E-state index in [-0.39, 0.29) is 42.6 Å². The van der Waals surface area contributed by atoms with E-state index in [2.05, 4.69) is 17.6 Å². The number of halogens is 1. The number of nitrogens with one attached hydrogen (secondary N) is 2. The van der Waals surface area contributed by atoms with Gasteiger partial charge in [0.2, 0.25) is 11.8 Å². The van der Waals surface area contributed by atoms with Crippen molar-refractivity contribution in [1.29, 1.82) is 0 Å². The summed E-state index contributed by atoms with van der Waals surface area (Å²) in [6.07, 6.45) is 2.18. The Morgan fingerprint density at radius 1 is 1.19 bits per heavy atom. The highest BCUT2D eigenvalue weighted by Crippen LogP contribution is 2.31. The molecule has 2 amide bonds. The number of hydrogen-bond acceptors (Lipinski definition) is 3. The molecular formula is C21H26ClN3O2. The summed E-state index contributed by atoms with van der Waals surface area (Å²) in [5, 5.41) is 8.72. The van der Waals surface area contributed by atoms with E-state index in [0.29, 0.717) is 12.6 Å². The number of amides is 2. The van der Waals surface area contributed by atoms with Crippen LogP contribution in [0.15, 0.2) is 42.5 Å². The lowest BCUT2D eigenvalue weighted by Crippen LogP contribution is -2.48. The van der Waals surface area contributed by atoms with Crippen molar-refractivity contribution in [3.63, 3.8) is 0 Å². The maximum absolute atomic E-state index is 12.7. The first-order valence-corrected chi connectivity index (χ1v) is 9.43. The molecule has 3 atom stereocenters. The molecule has 5 nitrogen and oxygen atoms in total. The van der Waals surface area contributed by atoms with Crippen molar-refractivity contribution in [2.24, 2.45) is 5.92 Å². The van der Waals surface area contributed by atoms with Gasteiger partial charge in [-0.1, -0.05) is 36.4 Å². The van der Waals surface area contributed by atoms with E-state index in [1.54, 1.807) is 4.90 Å². The first kappa shape index (κ1) is 19.6. The van der Waals surface area contributed by atoms with E-state index >= 15 is 0 Å². The number of piperidine rings is 1. The van der Waals surface area contributed by atoms with E-state index < -0.39 is 0 Å². The predicted octanol–water partition coefficient (Wildman–Crippen LogP) is 2.87. The van der Waals surface area contributed by atoms with Gasteiger partial charge in [-0.05, 0) is 37.8 Å². The summed E-state index contributed by atoms with van der Waals surface area (Å²) in [6.45, 7) is 3.52. The zero-order valence-corrected chi connectivity index (χ0v) is 16.3. The molecule has 2 aliphatic heterocycles. The second kappa shape index (κ2) is 8.28. The highest BCUT2D eigenvalue weighted by molar-refractivity contribution is 6.07. The van der Waals surface area contributed by atoms with Gasteiger partial charge in [-0.15, -0.1) is 12.4 Å². The lowest BCUT2D eigenvalue weighted by atomic mass is 9.99. The molecule has 0 saturated carbocycles. The number of fused-ring (bicyclic) bond motifs is 1. The summed E-state index contributed by atoms with van der Waals surface area (Å²) in [7, 11) is 0. The molecule has 4 rings (SSSR count). The molecule has 2 fully saturated rings. The minimum atomic E-state index is -0.272. The molecule has 2 saturated heterocycles. The molecule has 27 heavy (non-hydrogen) atoms. The van der Waals surface area contributed by atoms with Crippen LogP contribution in [0.4, 0.5) is 5.69 Å². The third-order valence-electron chi connectivity index (χ3n) is 5.52. The van der Waals surface area contributed by atoms with Crippen molar-refractivity contribution in [2.75, 3.05) is 18.0 Å². The maximum Gasteiger partial charge on any atom is 0.227 e. The van der Waals surface area contributed by atoms with Crippen LogP contribution < -0.4 is 15.5 Å². The number of hydrogen-bond donors (Lipinski definition) is 2. The fourth-order valence-electron chi connectivity index (χ4n) is 4.14. The van der Waals surface area contributed by atoms with Gasteiger partial charge in [-0.25, -0.2) is 0 Å². The molecule has 0 spiro atoms. The van der Waals surface area contributed by atoms with Gasteiger partial charge in [0.05, 0.1) is 11.6 Å². The van der Waals surface area contributed by atoms with E-state index in [1.807, 2.05) is 42.5 Å². The van der Waals surface area contributed by atoms with Crippen LogP contribution in [0.2, 0.25) is 0 Å². The van der Waals surface area contributed by atoms with Gasteiger partial charge in [0.15, 0.2) is 0 Å². The van der Waals surface area contributed by atoms with E-state index in [4.69, 9.17) is 0 Å². The van der Waals surface area contributed by atoms with Crippen molar-refractivity contribution in [3.8, 4) is 0 Å². The largest absolute Gasteiger partial charge is 0.353 e. The SMILES string of the molecule is CC1CC(NC(=O)C2CC(=O)N(c3cccc4ccccc34)C2)CCN1.Cl. The lowest BCUT2D eigenvalue weighted by molar-refractivity contribution is -0.127. The predicted molar refractivity (Wildman–Crippen MR) is 110 cm³/mol. The van der Waals surface area contributed by atoms with E-state index in [1.165, 1.54) is 0 Å². The second-order valence-corrected chi connectivity index (χ2v) is 7.49. The monoisotopic (exact) mass is 387 g/mol. The van der Waals surface area contributed by atoms with Crippen molar-refractivity contribution in [1.82, 2.24) is 10.6 Å². The molecule has 3 unspecified atom stereocenters. The van der Waals surface area contributed by atoms with Crippen LogP contribution in [0.25, 0.3) is 10.8 Å². The Morgan fingerprint density at radius 3 is 2.78 bits per heavy atom. The molecule has 2 N–H and O–H groups in total. The Morgan fingerprint density at radius 2 is 1.96 bits per heavy atom. The van der Waals surface area contributed by atoms with Crippen LogP contribution in [0.1, 0.15) is 26.2 Å². The number of anilines is 1. The quantitative estimate of drug-likeness (QED) is 0.851. The molecule has 0 bridgehead atoms. The summed E-state index contributed by atoms with van der Waals surface area (Å²) < 4.78 is 0. The standard InChI is InChI=1S/C21H25N3O2.ClH/c1-14-11-17(9-10-22-14)23-21(26)16-12-20(25)24(13-16)19-8-4-6-15-5-2-3-7-18(15)19;/h2-8,14,16-17,22H,9-13H2,1H3,(H,23,26);1H. The molecule has 2 aromatic carbocycles. The van der Waals surface area contributed by atoms with Gasteiger partial charge in [0.25, 0.3) is 0 Å². The van der Waals surface area contributed by atoms with Crippen LogP contribution >= 0.6 is 12.4 Å². The molecule has 0 aromatic heterocycles. The summed E-state index contributed by atoms with van der Waals surface area (Å²) in [5.74, 6) is -0.230. The zero-order chi connectivity index (χ0) is 18.1. The first-order chi connectivity index (χ1) is 12.6. The van der Waals surface area contributed by atoms with Crippen molar-refractivity contribution in [3.05, 3.63) is 42.5 Å². The Bertz CT molecular complexity index is 836. The molecule has 0 radical (unpaired) electrons. The van der Waals surface area contributed by atoms with Crippen molar-refractivity contribution < 1.29 is 9.59 Å². The molecule has 0 aliphatic carbocycles. The molecule has 6 heteroatoms. The molecular weight excluding hydrogens is 362 g/mol. The molecule has 2 heterocycles. The average molecular weight is 388 g/mol. The van der Waals surface area contributed by atoms with E-state index in [9.17, 15) is 9.59 Å². The van der Waals surface area contributed by atoms with Gasteiger partial charge in [0.1, 0.15) is 0 Å². The Hall–Kier alpha value is -2.11. The second-order valence-electron chi connectivity index (χ2n) is 7.49. The number of rotatable bonds is 3. The third-order valence-corrected chi connectivity index (χ3v) is 5.52. The lowest BCUT2D eigenvalue weighted by Gasteiger charge is -2.29. The van der Waals surface area contributed by atoms with Gasteiger partial charge in [0, 0.05) is 30.4 Å². The van der Waals surface area contributed by atoms with Crippen molar-refractivity contribution >= 4 is 40.7 Å². The van der Waals surface area contributed by atoms with Crippen LogP contribution in [0, 0.1) is 5.92 Å². The average Bonchev–Trinajstić information content (AvgIpc) is 3.03. The summed E-state index contributed by atoms with van der Waals surface area (Å²) in [6, 6.07) is 14.7. The maximum atomic E-state index is 12.7. The Kier molecular flexibility index (Phi) is 6.02. The molecule has 144 valence electrons. The van der Waals surface area contributed by atoms with Crippen LogP contribution in [-0.2, 0) is 9.59 Å². The van der Waals surface area contributed by atoms with Crippen LogP contribution in [0.3, 0.4) is 0 Å². The number of carbonyl (C=O) groups excluding carboxylic acids is 2. The Labute approximate surface area is 165 Å². The fourth-order valence-corrected chi connectivity index (χ4v) is 4.14. The van der Waals surface area contributed by atoms with E-state index in [0.717, 1.165) is 35.8 Å².